The summed E-state index contributed by atoms with van der Waals surface area (Å²) in [5, 5.41) is 12.8. The zero-order valence-electron chi connectivity index (χ0n) is 21.6. The monoisotopic (exact) mass is 498 g/mol. The highest BCUT2D eigenvalue weighted by atomic mass is 16.3. The molecular weight excluding hydrogens is 464 g/mol. The van der Waals surface area contributed by atoms with E-state index >= 15 is 0 Å². The fourth-order valence-corrected chi connectivity index (χ4v) is 3.93. The number of rotatable bonds is 8. The second-order valence-electron chi connectivity index (χ2n) is 9.61. The van der Waals surface area contributed by atoms with E-state index in [1.54, 1.807) is 20.1 Å². The number of nitrogens with two attached hydrogens (primary N) is 1. The molecule has 5 rings (SSSR count). The standard InChI is InChI=1S/C20H25N5O2.C9H9N/c1-20(2,21)19(26)22-13-18-24-23-17(11-10-15-7-4-3-5-8-15)25(18)14-16-9-6-12-27-16;1-7-6-10-9-5-3-2-4-8(7)9/h3-9,12H,10-11,13-14,21H2,1-2H3,(H,22,26);2-6,10H,1H3. The van der Waals surface area contributed by atoms with Crippen LogP contribution in [0.2, 0.25) is 0 Å². The molecule has 192 valence electrons. The van der Waals surface area contributed by atoms with Gasteiger partial charge in [0.1, 0.15) is 11.6 Å². The van der Waals surface area contributed by atoms with Crippen LogP contribution >= 0.6 is 0 Å². The molecule has 4 N–H and O–H groups in total. The Bertz CT molecular complexity index is 1410. The van der Waals surface area contributed by atoms with Gasteiger partial charge in [0.25, 0.3) is 0 Å². The first-order valence-corrected chi connectivity index (χ1v) is 12.4. The average Bonchev–Trinajstić information content (AvgIpc) is 3.64. The SMILES string of the molecule is CC(C)(N)C(=O)NCc1nnc(CCc2ccccc2)n1Cc1ccco1.Cc1c[nH]c2ccccc12. The Balaban J connectivity index is 0.000000265. The van der Waals surface area contributed by atoms with Gasteiger partial charge in [0.2, 0.25) is 5.91 Å². The molecular formula is C29H34N6O2. The molecule has 0 aliphatic rings. The predicted octanol–water partition coefficient (Wildman–Crippen LogP) is 4.53. The smallest absolute Gasteiger partial charge is 0.239 e. The highest BCUT2D eigenvalue weighted by molar-refractivity contribution is 5.85. The molecule has 3 heterocycles. The van der Waals surface area contributed by atoms with E-state index < -0.39 is 5.54 Å². The van der Waals surface area contributed by atoms with Gasteiger partial charge in [-0.3, -0.25) is 4.79 Å². The van der Waals surface area contributed by atoms with E-state index in [9.17, 15) is 4.79 Å². The average molecular weight is 499 g/mol. The van der Waals surface area contributed by atoms with Crippen molar-refractivity contribution in [1.82, 2.24) is 25.1 Å². The number of nitrogens with one attached hydrogen (secondary N) is 2. The van der Waals surface area contributed by atoms with Crippen molar-refractivity contribution in [3.05, 3.63) is 108 Å². The second-order valence-corrected chi connectivity index (χ2v) is 9.61. The number of aryl methyl sites for hydroxylation is 3. The van der Waals surface area contributed by atoms with Crippen LogP contribution in [0.5, 0.6) is 0 Å². The summed E-state index contributed by atoms with van der Waals surface area (Å²) in [7, 11) is 0. The molecule has 8 nitrogen and oxygen atoms in total. The molecule has 0 aliphatic heterocycles. The minimum atomic E-state index is -0.942. The molecule has 0 bridgehead atoms. The fraction of sp³-hybridized carbons (Fsp3) is 0.276. The summed E-state index contributed by atoms with van der Waals surface area (Å²) in [5.41, 5.74) is 8.67. The number of furan rings is 1. The van der Waals surface area contributed by atoms with Gasteiger partial charge in [-0.05, 0) is 56.5 Å². The topological polar surface area (TPSA) is 115 Å². The molecule has 0 spiro atoms. The van der Waals surface area contributed by atoms with Crippen molar-refractivity contribution in [3.63, 3.8) is 0 Å². The molecule has 1 amide bonds. The zero-order valence-corrected chi connectivity index (χ0v) is 21.6. The van der Waals surface area contributed by atoms with Crippen LogP contribution in [-0.2, 0) is 30.7 Å². The lowest BCUT2D eigenvalue weighted by Crippen LogP contribution is -2.49. The quantitative estimate of drug-likeness (QED) is 0.291. The summed E-state index contributed by atoms with van der Waals surface area (Å²) >= 11 is 0. The molecule has 0 fully saturated rings. The number of hydrogen-bond acceptors (Lipinski definition) is 5. The summed E-state index contributed by atoms with van der Waals surface area (Å²) in [4.78, 5) is 15.3. The highest BCUT2D eigenvalue weighted by Gasteiger charge is 2.22. The Morgan fingerprint density at radius 2 is 1.73 bits per heavy atom. The van der Waals surface area contributed by atoms with Crippen LogP contribution in [-0.4, -0.2) is 31.2 Å². The summed E-state index contributed by atoms with van der Waals surface area (Å²) in [6.45, 7) is 6.22. The van der Waals surface area contributed by atoms with Gasteiger partial charge in [-0.15, -0.1) is 10.2 Å². The number of nitrogens with zero attached hydrogens (tertiary/aromatic N) is 3. The van der Waals surface area contributed by atoms with Crippen LogP contribution < -0.4 is 11.1 Å². The molecule has 3 aromatic heterocycles. The van der Waals surface area contributed by atoms with Crippen LogP contribution in [0.4, 0.5) is 0 Å². The minimum Gasteiger partial charge on any atom is -0.467 e. The number of carbonyl (C=O) groups excluding carboxylic acids is 1. The van der Waals surface area contributed by atoms with Gasteiger partial charge in [-0.1, -0.05) is 48.5 Å². The van der Waals surface area contributed by atoms with Gasteiger partial charge in [0.05, 0.1) is 24.9 Å². The number of hydrogen-bond donors (Lipinski definition) is 3. The lowest BCUT2D eigenvalue weighted by Gasteiger charge is -2.17. The van der Waals surface area contributed by atoms with Crippen molar-refractivity contribution in [1.29, 1.82) is 0 Å². The summed E-state index contributed by atoms with van der Waals surface area (Å²) in [6, 6.07) is 22.3. The maximum atomic E-state index is 12.1. The number of carbonyl (C=O) groups is 1. The Morgan fingerprint density at radius 1 is 1.00 bits per heavy atom. The van der Waals surface area contributed by atoms with Crippen molar-refractivity contribution in [3.8, 4) is 0 Å². The van der Waals surface area contributed by atoms with E-state index in [1.165, 1.54) is 22.0 Å². The molecule has 0 radical (unpaired) electrons. The third-order valence-corrected chi connectivity index (χ3v) is 6.07. The second kappa shape index (κ2) is 11.7. The third-order valence-electron chi connectivity index (χ3n) is 6.07. The normalized spacial score (nSPS) is 11.2. The van der Waals surface area contributed by atoms with Gasteiger partial charge in [-0.25, -0.2) is 0 Å². The number of fused-ring (bicyclic) bond motifs is 1. The van der Waals surface area contributed by atoms with Crippen LogP contribution in [0, 0.1) is 6.92 Å². The van der Waals surface area contributed by atoms with E-state index in [1.807, 2.05) is 47.2 Å². The molecule has 0 atom stereocenters. The molecule has 0 unspecified atom stereocenters. The maximum Gasteiger partial charge on any atom is 0.239 e. The largest absolute Gasteiger partial charge is 0.467 e. The predicted molar refractivity (Wildman–Crippen MR) is 145 cm³/mol. The first-order valence-electron chi connectivity index (χ1n) is 12.4. The molecule has 0 saturated heterocycles. The van der Waals surface area contributed by atoms with Crippen molar-refractivity contribution < 1.29 is 9.21 Å². The van der Waals surface area contributed by atoms with E-state index in [0.717, 1.165) is 24.4 Å². The highest BCUT2D eigenvalue weighted by Crippen LogP contribution is 2.15. The molecule has 8 heteroatoms. The summed E-state index contributed by atoms with van der Waals surface area (Å²) in [6.07, 6.45) is 5.28. The molecule has 0 aliphatic carbocycles. The lowest BCUT2D eigenvalue weighted by atomic mass is 10.1. The number of benzene rings is 2. The summed E-state index contributed by atoms with van der Waals surface area (Å²) in [5.74, 6) is 2.10. The number of aromatic amines is 1. The Kier molecular flexibility index (Phi) is 8.20. The van der Waals surface area contributed by atoms with Crippen LogP contribution in [0.15, 0.2) is 83.6 Å². The van der Waals surface area contributed by atoms with Crippen LogP contribution in [0.25, 0.3) is 10.9 Å². The number of aromatic nitrogens is 4. The minimum absolute atomic E-state index is 0.235. The first kappa shape index (κ1) is 25.9. The lowest BCUT2D eigenvalue weighted by molar-refractivity contribution is -0.125. The van der Waals surface area contributed by atoms with Crippen LogP contribution in [0.3, 0.4) is 0 Å². The van der Waals surface area contributed by atoms with Crippen molar-refractivity contribution >= 4 is 16.8 Å². The van der Waals surface area contributed by atoms with Crippen LogP contribution in [0.1, 0.15) is 42.4 Å². The zero-order chi connectivity index (χ0) is 26.3. The Hall–Kier alpha value is -4.17. The number of para-hydroxylation sites is 1. The van der Waals surface area contributed by atoms with Gasteiger partial charge in [0.15, 0.2) is 5.82 Å². The van der Waals surface area contributed by atoms with E-state index in [2.05, 4.69) is 57.8 Å². The van der Waals surface area contributed by atoms with Gasteiger partial charge < -0.3 is 25.0 Å². The maximum absolute atomic E-state index is 12.1. The number of amides is 1. The van der Waals surface area contributed by atoms with Gasteiger partial charge >= 0.3 is 0 Å². The molecule has 0 saturated carbocycles. The van der Waals surface area contributed by atoms with Crippen molar-refractivity contribution in [2.75, 3.05) is 0 Å². The fourth-order valence-electron chi connectivity index (χ4n) is 3.93. The summed E-state index contributed by atoms with van der Waals surface area (Å²) < 4.78 is 7.47. The Labute approximate surface area is 216 Å². The molecule has 5 aromatic rings. The first-order chi connectivity index (χ1) is 17.8. The van der Waals surface area contributed by atoms with Crippen molar-refractivity contribution in [2.24, 2.45) is 5.73 Å². The van der Waals surface area contributed by atoms with E-state index in [0.29, 0.717) is 12.4 Å². The van der Waals surface area contributed by atoms with E-state index in [4.69, 9.17) is 10.2 Å². The molecule has 2 aromatic carbocycles. The van der Waals surface area contributed by atoms with E-state index in [-0.39, 0.29) is 12.5 Å². The third kappa shape index (κ3) is 6.95. The number of H-pyrrole nitrogens is 1. The Morgan fingerprint density at radius 3 is 2.43 bits per heavy atom. The van der Waals surface area contributed by atoms with Crippen molar-refractivity contribution in [2.45, 2.75) is 52.2 Å². The van der Waals surface area contributed by atoms with Gasteiger partial charge in [0, 0.05) is 23.5 Å². The van der Waals surface area contributed by atoms with Gasteiger partial charge in [-0.2, -0.15) is 0 Å². The molecule has 37 heavy (non-hydrogen) atoms.